The lowest BCUT2D eigenvalue weighted by molar-refractivity contribution is 0.111. The van der Waals surface area contributed by atoms with E-state index in [1.807, 2.05) is 12.1 Å². The topological polar surface area (TPSA) is 102 Å². The minimum Gasteiger partial charge on any atom is -0.490 e. The van der Waals surface area contributed by atoms with Crippen LogP contribution in [0.15, 0.2) is 30.3 Å². The van der Waals surface area contributed by atoms with Gasteiger partial charge in [0, 0.05) is 11.8 Å². The fourth-order valence-electron chi connectivity index (χ4n) is 2.46. The Kier molecular flexibility index (Phi) is 11.2. The van der Waals surface area contributed by atoms with Crippen molar-refractivity contribution in [3.63, 3.8) is 0 Å². The smallest absolute Gasteiger partial charge is 0.170 e. The number of aromatic nitrogens is 2. The van der Waals surface area contributed by atoms with Crippen molar-refractivity contribution in [3.05, 3.63) is 51.8 Å². The van der Waals surface area contributed by atoms with E-state index in [1.165, 1.54) is 44.7 Å². The SMILES string of the molecule is CN.N=Cc1ccc(OC2CCCCC2)cc1Cl.O=Cc1ccc(Cl)nn1. The van der Waals surface area contributed by atoms with Crippen LogP contribution in [-0.4, -0.2) is 35.8 Å². The quantitative estimate of drug-likeness (QED) is 0.567. The van der Waals surface area contributed by atoms with Crippen LogP contribution in [0.4, 0.5) is 0 Å². The molecule has 1 saturated carbocycles. The molecule has 1 heterocycles. The maximum absolute atomic E-state index is 9.97. The summed E-state index contributed by atoms with van der Waals surface area (Å²) in [4.78, 5) is 9.97. The van der Waals surface area contributed by atoms with Crippen molar-refractivity contribution in [1.82, 2.24) is 10.2 Å². The second-order valence-corrected chi connectivity index (χ2v) is 6.40. The Morgan fingerprint density at radius 1 is 1.11 bits per heavy atom. The molecule has 1 aliphatic carbocycles. The molecule has 3 rings (SSSR count). The van der Waals surface area contributed by atoms with Gasteiger partial charge in [-0.2, -0.15) is 0 Å². The van der Waals surface area contributed by atoms with Crippen molar-refractivity contribution < 1.29 is 9.53 Å². The molecule has 2 aromatic rings. The molecule has 1 aromatic heterocycles. The van der Waals surface area contributed by atoms with Gasteiger partial charge in [-0.25, -0.2) is 0 Å². The molecule has 1 aromatic carbocycles. The molecule has 0 radical (unpaired) electrons. The van der Waals surface area contributed by atoms with E-state index in [9.17, 15) is 4.79 Å². The zero-order valence-electron chi connectivity index (χ0n) is 15.2. The van der Waals surface area contributed by atoms with Crippen LogP contribution in [0.5, 0.6) is 5.75 Å². The van der Waals surface area contributed by atoms with Crippen molar-refractivity contribution >= 4 is 35.7 Å². The van der Waals surface area contributed by atoms with E-state index in [0.717, 1.165) is 24.2 Å². The van der Waals surface area contributed by atoms with Crippen LogP contribution in [0.1, 0.15) is 48.2 Å². The number of halogens is 2. The van der Waals surface area contributed by atoms with E-state index in [2.05, 4.69) is 15.9 Å². The summed E-state index contributed by atoms with van der Waals surface area (Å²) >= 11 is 11.4. The summed E-state index contributed by atoms with van der Waals surface area (Å²) in [7, 11) is 1.50. The highest BCUT2D eigenvalue weighted by molar-refractivity contribution is 6.33. The van der Waals surface area contributed by atoms with Crippen molar-refractivity contribution in [3.8, 4) is 5.75 Å². The van der Waals surface area contributed by atoms with Gasteiger partial charge in [-0.1, -0.05) is 29.6 Å². The van der Waals surface area contributed by atoms with Gasteiger partial charge < -0.3 is 15.9 Å². The highest BCUT2D eigenvalue weighted by Gasteiger charge is 2.15. The molecule has 8 heteroatoms. The van der Waals surface area contributed by atoms with Crippen molar-refractivity contribution in [2.75, 3.05) is 7.05 Å². The number of nitrogens with one attached hydrogen (secondary N) is 1. The number of aldehydes is 1. The summed E-state index contributed by atoms with van der Waals surface area (Å²) in [6.45, 7) is 0. The summed E-state index contributed by atoms with van der Waals surface area (Å²) in [5, 5.41) is 14.9. The number of ether oxygens (including phenoxy) is 1. The van der Waals surface area contributed by atoms with E-state index in [4.69, 9.17) is 33.3 Å². The first kappa shape index (κ1) is 23.0. The molecule has 146 valence electrons. The largest absolute Gasteiger partial charge is 0.490 e. The molecule has 0 unspecified atom stereocenters. The van der Waals surface area contributed by atoms with Gasteiger partial charge in [-0.05, 0) is 63.1 Å². The molecule has 0 saturated heterocycles. The average molecular weight is 411 g/mol. The van der Waals surface area contributed by atoms with E-state index >= 15 is 0 Å². The normalized spacial score (nSPS) is 13.3. The molecule has 3 N–H and O–H groups in total. The molecular weight excluding hydrogens is 387 g/mol. The predicted octanol–water partition coefficient (Wildman–Crippen LogP) is 4.57. The van der Waals surface area contributed by atoms with E-state index in [0.29, 0.717) is 28.3 Å². The maximum Gasteiger partial charge on any atom is 0.170 e. The maximum atomic E-state index is 9.97. The first-order valence-corrected chi connectivity index (χ1v) is 9.37. The van der Waals surface area contributed by atoms with Crippen molar-refractivity contribution in [2.45, 2.75) is 38.2 Å². The van der Waals surface area contributed by atoms with Crippen LogP contribution >= 0.6 is 23.2 Å². The van der Waals surface area contributed by atoms with Crippen molar-refractivity contribution in [1.29, 1.82) is 5.41 Å². The Balaban J connectivity index is 0.000000282. The number of carbonyl (C=O) groups excluding carboxylic acids is 1. The zero-order chi connectivity index (χ0) is 20.1. The highest BCUT2D eigenvalue weighted by Crippen LogP contribution is 2.26. The molecule has 1 aliphatic rings. The second kappa shape index (κ2) is 13.2. The molecule has 6 nitrogen and oxygen atoms in total. The number of hydrogen-bond donors (Lipinski definition) is 2. The summed E-state index contributed by atoms with van der Waals surface area (Å²) in [5.41, 5.74) is 5.53. The number of rotatable bonds is 4. The molecule has 0 spiro atoms. The first-order valence-electron chi connectivity index (χ1n) is 8.61. The van der Waals surface area contributed by atoms with E-state index in [-0.39, 0.29) is 0 Å². The third-order valence-corrected chi connectivity index (χ3v) is 4.28. The van der Waals surface area contributed by atoms with Crippen LogP contribution in [-0.2, 0) is 0 Å². The lowest BCUT2D eigenvalue weighted by atomic mass is 9.98. The molecule has 0 bridgehead atoms. The summed E-state index contributed by atoms with van der Waals surface area (Å²) in [6.07, 6.45) is 8.35. The Morgan fingerprint density at radius 3 is 2.33 bits per heavy atom. The van der Waals surface area contributed by atoms with Crippen LogP contribution in [0.3, 0.4) is 0 Å². The van der Waals surface area contributed by atoms with Gasteiger partial charge >= 0.3 is 0 Å². The van der Waals surface area contributed by atoms with E-state index < -0.39 is 0 Å². The van der Waals surface area contributed by atoms with E-state index in [1.54, 1.807) is 6.07 Å². The second-order valence-electron chi connectivity index (χ2n) is 5.60. The van der Waals surface area contributed by atoms with Gasteiger partial charge in [0.25, 0.3) is 0 Å². The minimum atomic E-state index is 0.291. The zero-order valence-corrected chi connectivity index (χ0v) is 16.7. The van der Waals surface area contributed by atoms with Crippen LogP contribution < -0.4 is 10.5 Å². The van der Waals surface area contributed by atoms with Gasteiger partial charge in [0.1, 0.15) is 11.4 Å². The minimum absolute atomic E-state index is 0.291. The van der Waals surface area contributed by atoms with Gasteiger partial charge in [0.2, 0.25) is 0 Å². The third-order valence-electron chi connectivity index (χ3n) is 3.76. The number of hydrogen-bond acceptors (Lipinski definition) is 6. The molecule has 0 aliphatic heterocycles. The summed E-state index contributed by atoms with van der Waals surface area (Å²) in [5.74, 6) is 0.822. The lowest BCUT2D eigenvalue weighted by Crippen LogP contribution is -2.19. The standard InChI is InChI=1S/C13H16ClNO.C5H3ClN2O.CH5N/c14-13-8-12(7-6-10(13)9-15)16-11-4-2-1-3-5-11;6-5-2-1-4(3-9)7-8-5;1-2/h6-9,11,15H,1-5H2;1-3H;2H2,1H3. The molecule has 27 heavy (non-hydrogen) atoms. The molecule has 1 fully saturated rings. The Hall–Kier alpha value is -2.02. The van der Waals surface area contributed by atoms with Crippen LogP contribution in [0.25, 0.3) is 0 Å². The Labute approximate surface area is 169 Å². The summed E-state index contributed by atoms with van der Waals surface area (Å²) < 4.78 is 5.88. The Morgan fingerprint density at radius 2 is 1.81 bits per heavy atom. The van der Waals surface area contributed by atoms with Crippen molar-refractivity contribution in [2.24, 2.45) is 5.73 Å². The lowest BCUT2D eigenvalue weighted by Gasteiger charge is -2.23. The molecular formula is C19H24Cl2N4O2. The van der Waals surface area contributed by atoms with Gasteiger partial charge in [-0.15, -0.1) is 10.2 Å². The number of benzene rings is 1. The fourth-order valence-corrected chi connectivity index (χ4v) is 2.79. The Bertz CT molecular complexity index is 705. The summed E-state index contributed by atoms with van der Waals surface area (Å²) in [6, 6.07) is 8.53. The highest BCUT2D eigenvalue weighted by atomic mass is 35.5. The number of nitrogens with two attached hydrogens (primary N) is 1. The fraction of sp³-hybridized carbons (Fsp3) is 0.368. The third kappa shape index (κ3) is 8.47. The molecule has 0 atom stereocenters. The molecule has 0 amide bonds. The van der Waals surface area contributed by atoms with Gasteiger partial charge in [-0.3, -0.25) is 4.79 Å². The van der Waals surface area contributed by atoms with Gasteiger partial charge in [0.05, 0.1) is 11.1 Å². The van der Waals surface area contributed by atoms with Crippen LogP contribution in [0.2, 0.25) is 10.2 Å². The van der Waals surface area contributed by atoms with Gasteiger partial charge in [0.15, 0.2) is 11.4 Å². The average Bonchev–Trinajstić information content (AvgIpc) is 2.72. The van der Waals surface area contributed by atoms with Crippen LogP contribution in [0, 0.1) is 5.41 Å². The first-order chi connectivity index (χ1) is 13.1. The predicted molar refractivity (Wildman–Crippen MR) is 109 cm³/mol. The number of carbonyl (C=O) groups is 1. The monoisotopic (exact) mass is 410 g/mol. The number of nitrogens with zero attached hydrogens (tertiary/aromatic N) is 2.